The first-order valence-corrected chi connectivity index (χ1v) is 5.66. The third-order valence-electron chi connectivity index (χ3n) is 2.66. The van der Waals surface area contributed by atoms with Crippen molar-refractivity contribution in [2.24, 2.45) is 5.92 Å². The van der Waals surface area contributed by atoms with E-state index in [9.17, 15) is 9.59 Å². The monoisotopic (exact) mass is 242 g/mol. The van der Waals surface area contributed by atoms with E-state index in [0.29, 0.717) is 0 Å². The van der Waals surface area contributed by atoms with Gasteiger partial charge in [0.1, 0.15) is 12.4 Å². The minimum Gasteiger partial charge on any atom is -0.494 e. The summed E-state index contributed by atoms with van der Waals surface area (Å²) in [4.78, 5) is 22.0. The molecule has 1 rings (SSSR count). The Bertz CT molecular complexity index is 334. The summed E-state index contributed by atoms with van der Waals surface area (Å²) in [6, 6.07) is 0. The topological polar surface area (TPSA) is 61.8 Å². The smallest absolute Gasteiger partial charge is 0.307 e. The second-order valence-electron chi connectivity index (χ2n) is 4.09. The molecule has 0 aliphatic carbocycles. The van der Waals surface area contributed by atoms with E-state index in [0.717, 1.165) is 6.42 Å². The average Bonchev–Trinajstić information content (AvgIpc) is 2.22. The van der Waals surface area contributed by atoms with Gasteiger partial charge >= 0.3 is 11.9 Å². The maximum atomic E-state index is 11.1. The largest absolute Gasteiger partial charge is 0.494 e. The van der Waals surface area contributed by atoms with E-state index >= 15 is 0 Å². The predicted molar refractivity (Wildman–Crippen MR) is 59.7 cm³/mol. The zero-order chi connectivity index (χ0) is 13.0. The molecule has 17 heavy (non-hydrogen) atoms. The van der Waals surface area contributed by atoms with E-state index in [2.05, 4.69) is 0 Å². The summed E-state index contributed by atoms with van der Waals surface area (Å²) in [6.45, 7) is 6.51. The highest BCUT2D eigenvalue weighted by Crippen LogP contribution is 2.29. The maximum absolute atomic E-state index is 11.1. The van der Waals surface area contributed by atoms with Gasteiger partial charge in [-0.2, -0.15) is 0 Å². The quantitative estimate of drug-likeness (QED) is 0.706. The van der Waals surface area contributed by atoms with Crippen molar-refractivity contribution < 1.29 is 23.8 Å². The lowest BCUT2D eigenvalue weighted by molar-refractivity contribution is -0.158. The molecule has 0 N–H and O–H groups in total. The van der Waals surface area contributed by atoms with Gasteiger partial charge in [-0.05, 0) is 6.42 Å². The van der Waals surface area contributed by atoms with Crippen LogP contribution in [0.4, 0.5) is 0 Å². The molecule has 0 aromatic heterocycles. The Labute approximate surface area is 101 Å². The highest BCUT2D eigenvalue weighted by atomic mass is 16.6. The van der Waals surface area contributed by atoms with Crippen molar-refractivity contribution in [1.29, 1.82) is 0 Å². The van der Waals surface area contributed by atoms with Crippen molar-refractivity contribution >= 4 is 11.9 Å². The summed E-state index contributed by atoms with van der Waals surface area (Å²) >= 11 is 0. The van der Waals surface area contributed by atoms with Gasteiger partial charge in [-0.25, -0.2) is 0 Å². The first-order valence-electron chi connectivity index (χ1n) is 5.66. The second kappa shape index (κ2) is 5.70. The van der Waals surface area contributed by atoms with Gasteiger partial charge in [-0.15, -0.1) is 0 Å². The number of rotatable bonds is 3. The van der Waals surface area contributed by atoms with Crippen LogP contribution in [-0.2, 0) is 23.8 Å². The Hall–Kier alpha value is -1.52. The van der Waals surface area contributed by atoms with Crippen molar-refractivity contribution in [1.82, 2.24) is 0 Å². The fourth-order valence-corrected chi connectivity index (χ4v) is 1.86. The molecule has 0 aromatic carbocycles. The van der Waals surface area contributed by atoms with Gasteiger partial charge in [-0.3, -0.25) is 9.59 Å². The molecule has 0 fully saturated rings. The third-order valence-corrected chi connectivity index (χ3v) is 2.66. The Morgan fingerprint density at radius 3 is 2.47 bits per heavy atom. The van der Waals surface area contributed by atoms with Crippen LogP contribution >= 0.6 is 0 Å². The van der Waals surface area contributed by atoms with Crippen LogP contribution in [0.3, 0.4) is 0 Å². The van der Waals surface area contributed by atoms with Crippen LogP contribution in [0.15, 0.2) is 12.0 Å². The van der Waals surface area contributed by atoms with E-state index in [-0.39, 0.29) is 17.8 Å². The van der Waals surface area contributed by atoms with E-state index in [1.165, 1.54) is 20.1 Å². The minimum absolute atomic E-state index is 0.0429. The number of carbonyl (C=O) groups is 2. The Morgan fingerprint density at radius 1 is 1.35 bits per heavy atom. The maximum Gasteiger partial charge on any atom is 0.307 e. The van der Waals surface area contributed by atoms with Crippen LogP contribution in [0.1, 0.15) is 34.1 Å². The standard InChI is InChI=1S/C12H18O5/c1-5-10-7(2)12(17-9(4)14)11(6-15-10)16-8(3)13/h6-7,10,12H,5H2,1-4H3/t7-,10-,12+/m1/s1. The number of hydrogen-bond acceptors (Lipinski definition) is 5. The van der Waals surface area contributed by atoms with Crippen molar-refractivity contribution in [3.63, 3.8) is 0 Å². The first-order chi connectivity index (χ1) is 7.95. The summed E-state index contributed by atoms with van der Waals surface area (Å²) in [6.07, 6.45) is 1.56. The van der Waals surface area contributed by atoms with E-state index in [4.69, 9.17) is 14.2 Å². The molecule has 0 spiro atoms. The van der Waals surface area contributed by atoms with Crippen LogP contribution < -0.4 is 0 Å². The fraction of sp³-hybridized carbons (Fsp3) is 0.667. The van der Waals surface area contributed by atoms with Gasteiger partial charge in [0.2, 0.25) is 0 Å². The normalized spacial score (nSPS) is 27.8. The van der Waals surface area contributed by atoms with Crippen molar-refractivity contribution in [2.75, 3.05) is 0 Å². The Balaban J connectivity index is 2.87. The number of ether oxygens (including phenoxy) is 3. The highest BCUT2D eigenvalue weighted by Gasteiger charge is 2.36. The average molecular weight is 242 g/mol. The molecule has 0 amide bonds. The summed E-state index contributed by atoms with van der Waals surface area (Å²) < 4.78 is 15.6. The lowest BCUT2D eigenvalue weighted by Crippen LogP contribution is -2.39. The summed E-state index contributed by atoms with van der Waals surface area (Å²) in [5.41, 5.74) is 0. The molecule has 0 bridgehead atoms. The molecule has 1 aliphatic heterocycles. The molecule has 0 unspecified atom stereocenters. The van der Waals surface area contributed by atoms with Crippen molar-refractivity contribution in [2.45, 2.75) is 46.3 Å². The minimum atomic E-state index is -0.560. The SMILES string of the molecule is CC[C@H]1OC=C(OC(C)=O)[C@@H](OC(C)=O)[C@@H]1C. The highest BCUT2D eigenvalue weighted by molar-refractivity contribution is 5.68. The number of hydrogen-bond donors (Lipinski definition) is 0. The lowest BCUT2D eigenvalue weighted by Gasteiger charge is -2.34. The predicted octanol–water partition coefficient (Wildman–Crippen LogP) is 1.77. The van der Waals surface area contributed by atoms with Crippen LogP contribution in [0.25, 0.3) is 0 Å². The van der Waals surface area contributed by atoms with E-state index in [1.54, 1.807) is 0 Å². The zero-order valence-corrected chi connectivity index (χ0v) is 10.6. The van der Waals surface area contributed by atoms with Gasteiger partial charge < -0.3 is 14.2 Å². The van der Waals surface area contributed by atoms with Crippen molar-refractivity contribution in [3.8, 4) is 0 Å². The Morgan fingerprint density at radius 2 is 2.00 bits per heavy atom. The third kappa shape index (κ3) is 3.47. The molecule has 5 nitrogen and oxygen atoms in total. The molecule has 96 valence electrons. The molecule has 0 saturated heterocycles. The second-order valence-corrected chi connectivity index (χ2v) is 4.09. The molecule has 3 atom stereocenters. The van der Waals surface area contributed by atoms with E-state index in [1.807, 2.05) is 13.8 Å². The van der Waals surface area contributed by atoms with Crippen LogP contribution in [-0.4, -0.2) is 24.1 Å². The first kappa shape index (κ1) is 13.5. The lowest BCUT2D eigenvalue weighted by atomic mass is 9.93. The molecular formula is C12H18O5. The number of esters is 2. The van der Waals surface area contributed by atoms with E-state index < -0.39 is 18.0 Å². The van der Waals surface area contributed by atoms with Gasteiger partial charge in [-0.1, -0.05) is 13.8 Å². The van der Waals surface area contributed by atoms with Gasteiger partial charge in [0.15, 0.2) is 11.9 Å². The fourth-order valence-electron chi connectivity index (χ4n) is 1.86. The zero-order valence-electron chi connectivity index (χ0n) is 10.6. The van der Waals surface area contributed by atoms with Gasteiger partial charge in [0.25, 0.3) is 0 Å². The van der Waals surface area contributed by atoms with Crippen LogP contribution in [0.2, 0.25) is 0 Å². The van der Waals surface area contributed by atoms with Gasteiger partial charge in [0.05, 0.1) is 0 Å². The van der Waals surface area contributed by atoms with Crippen molar-refractivity contribution in [3.05, 3.63) is 12.0 Å². The summed E-state index contributed by atoms with van der Waals surface area (Å²) in [7, 11) is 0. The Kier molecular flexibility index (Phi) is 4.54. The summed E-state index contributed by atoms with van der Waals surface area (Å²) in [5.74, 6) is -0.663. The summed E-state index contributed by atoms with van der Waals surface area (Å²) in [5, 5.41) is 0. The molecular weight excluding hydrogens is 224 g/mol. The van der Waals surface area contributed by atoms with Crippen LogP contribution in [0, 0.1) is 5.92 Å². The molecule has 1 heterocycles. The molecule has 0 saturated carbocycles. The molecule has 0 radical (unpaired) electrons. The van der Waals surface area contributed by atoms with Gasteiger partial charge in [0, 0.05) is 19.8 Å². The number of carbonyl (C=O) groups excluding carboxylic acids is 2. The molecule has 5 heteroatoms. The molecule has 0 aromatic rings. The molecule has 1 aliphatic rings. The van der Waals surface area contributed by atoms with Crippen LogP contribution in [0.5, 0.6) is 0 Å².